The predicted octanol–water partition coefficient (Wildman–Crippen LogP) is 2.27. The van der Waals surface area contributed by atoms with Crippen LogP contribution in [0.5, 0.6) is 0 Å². The summed E-state index contributed by atoms with van der Waals surface area (Å²) in [5.41, 5.74) is 0.388. The van der Waals surface area contributed by atoms with Crippen LogP contribution in [0.1, 0.15) is 31.7 Å². The Bertz CT molecular complexity index is 491. The number of amides is 1. The molecule has 0 spiro atoms. The number of rotatable bonds is 7. The molecular formula is C14H17F2NO3. The van der Waals surface area contributed by atoms with Crippen molar-refractivity contribution in [3.8, 4) is 0 Å². The Hall–Kier alpha value is -1.98. The van der Waals surface area contributed by atoms with Crippen molar-refractivity contribution < 1.29 is 23.5 Å². The Balaban J connectivity index is 2.38. The van der Waals surface area contributed by atoms with E-state index in [1.54, 1.807) is 6.92 Å². The van der Waals surface area contributed by atoms with Gasteiger partial charge < -0.3 is 10.4 Å². The lowest BCUT2D eigenvalue weighted by Gasteiger charge is -2.13. The Morgan fingerprint density at radius 1 is 1.30 bits per heavy atom. The van der Waals surface area contributed by atoms with Gasteiger partial charge in [-0.05, 0) is 37.5 Å². The second-order valence-corrected chi connectivity index (χ2v) is 4.68. The maximum absolute atomic E-state index is 13.0. The summed E-state index contributed by atoms with van der Waals surface area (Å²) in [7, 11) is 0. The number of halogens is 2. The predicted molar refractivity (Wildman–Crippen MR) is 69.2 cm³/mol. The monoisotopic (exact) mass is 285 g/mol. The van der Waals surface area contributed by atoms with Crippen molar-refractivity contribution in [2.75, 3.05) is 0 Å². The Kier molecular flexibility index (Phi) is 6.09. The molecule has 1 atom stereocenters. The van der Waals surface area contributed by atoms with Gasteiger partial charge in [-0.2, -0.15) is 0 Å². The van der Waals surface area contributed by atoms with Crippen LogP contribution in [0.25, 0.3) is 0 Å². The first-order valence-electron chi connectivity index (χ1n) is 6.33. The number of hydrogen-bond acceptors (Lipinski definition) is 2. The number of carboxylic acids is 1. The van der Waals surface area contributed by atoms with Gasteiger partial charge in [0, 0.05) is 12.5 Å². The maximum atomic E-state index is 13.0. The van der Waals surface area contributed by atoms with Gasteiger partial charge in [0.05, 0.1) is 6.42 Å². The van der Waals surface area contributed by atoms with E-state index in [2.05, 4.69) is 5.32 Å². The third-order valence-corrected chi connectivity index (χ3v) is 2.78. The molecule has 1 aromatic rings. The van der Waals surface area contributed by atoms with Crippen LogP contribution in [0.3, 0.4) is 0 Å². The Morgan fingerprint density at radius 2 is 2.00 bits per heavy atom. The van der Waals surface area contributed by atoms with Crippen LogP contribution >= 0.6 is 0 Å². The molecule has 0 bridgehead atoms. The van der Waals surface area contributed by atoms with E-state index in [9.17, 15) is 18.4 Å². The lowest BCUT2D eigenvalue weighted by Crippen LogP contribution is -2.33. The Labute approximate surface area is 115 Å². The first kappa shape index (κ1) is 16.1. The van der Waals surface area contributed by atoms with Gasteiger partial charge in [-0.15, -0.1) is 0 Å². The minimum Gasteiger partial charge on any atom is -0.481 e. The molecule has 0 saturated carbocycles. The van der Waals surface area contributed by atoms with Crippen LogP contribution < -0.4 is 5.32 Å². The number of aliphatic carboxylic acids is 1. The van der Waals surface area contributed by atoms with E-state index in [1.807, 2.05) is 0 Å². The highest BCUT2D eigenvalue weighted by atomic mass is 19.2. The van der Waals surface area contributed by atoms with Crippen molar-refractivity contribution in [2.24, 2.45) is 0 Å². The van der Waals surface area contributed by atoms with Crippen LogP contribution in [0.2, 0.25) is 0 Å². The van der Waals surface area contributed by atoms with Crippen LogP contribution in [0.15, 0.2) is 18.2 Å². The molecule has 0 aliphatic carbocycles. The molecule has 0 fully saturated rings. The average molecular weight is 285 g/mol. The Morgan fingerprint density at radius 3 is 2.60 bits per heavy atom. The second kappa shape index (κ2) is 7.57. The molecule has 1 rings (SSSR count). The van der Waals surface area contributed by atoms with Crippen molar-refractivity contribution >= 4 is 11.9 Å². The molecule has 20 heavy (non-hydrogen) atoms. The molecule has 0 aromatic heterocycles. The zero-order valence-corrected chi connectivity index (χ0v) is 11.2. The smallest absolute Gasteiger partial charge is 0.303 e. The van der Waals surface area contributed by atoms with E-state index in [1.165, 1.54) is 6.07 Å². The normalized spacial score (nSPS) is 11.9. The fourth-order valence-electron chi connectivity index (χ4n) is 1.79. The highest BCUT2D eigenvalue weighted by Crippen LogP contribution is 2.09. The number of carbonyl (C=O) groups excluding carboxylic acids is 1. The van der Waals surface area contributed by atoms with Crippen LogP contribution in [-0.2, 0) is 16.0 Å². The summed E-state index contributed by atoms with van der Waals surface area (Å²) in [5, 5.41) is 11.2. The van der Waals surface area contributed by atoms with E-state index in [-0.39, 0.29) is 24.8 Å². The van der Waals surface area contributed by atoms with Gasteiger partial charge in [0.1, 0.15) is 0 Å². The largest absolute Gasteiger partial charge is 0.481 e. The fourth-order valence-corrected chi connectivity index (χ4v) is 1.79. The molecule has 6 heteroatoms. The van der Waals surface area contributed by atoms with Gasteiger partial charge in [0.25, 0.3) is 0 Å². The molecule has 2 N–H and O–H groups in total. The first-order valence-corrected chi connectivity index (χ1v) is 6.33. The van der Waals surface area contributed by atoms with E-state index < -0.39 is 17.6 Å². The van der Waals surface area contributed by atoms with Crippen molar-refractivity contribution in [3.05, 3.63) is 35.4 Å². The van der Waals surface area contributed by atoms with Gasteiger partial charge in [-0.25, -0.2) is 8.78 Å². The molecule has 0 saturated heterocycles. The minimum atomic E-state index is -0.982. The number of nitrogens with one attached hydrogen (secondary N) is 1. The average Bonchev–Trinajstić information content (AvgIpc) is 2.33. The van der Waals surface area contributed by atoms with E-state index in [0.717, 1.165) is 12.1 Å². The summed E-state index contributed by atoms with van der Waals surface area (Å²) >= 11 is 0. The van der Waals surface area contributed by atoms with Crippen molar-refractivity contribution in [1.29, 1.82) is 0 Å². The van der Waals surface area contributed by atoms with Crippen molar-refractivity contribution in [1.82, 2.24) is 5.32 Å². The number of benzene rings is 1. The molecule has 1 amide bonds. The van der Waals surface area contributed by atoms with E-state index in [0.29, 0.717) is 18.4 Å². The lowest BCUT2D eigenvalue weighted by molar-refractivity contribution is -0.137. The summed E-state index contributed by atoms with van der Waals surface area (Å²) in [4.78, 5) is 22.0. The first-order chi connectivity index (χ1) is 9.38. The SMILES string of the molecule is CC(CCCC(=O)O)NC(=O)Cc1ccc(F)c(F)c1. The zero-order chi connectivity index (χ0) is 15.1. The van der Waals surface area contributed by atoms with E-state index >= 15 is 0 Å². The summed E-state index contributed by atoms with van der Waals surface area (Å²) < 4.78 is 25.7. The standard InChI is InChI=1S/C14H17F2NO3/c1-9(3-2-4-14(19)20)17-13(18)8-10-5-6-11(15)12(16)7-10/h5-7,9H,2-4,8H2,1H3,(H,17,18)(H,19,20). The molecule has 4 nitrogen and oxygen atoms in total. The zero-order valence-electron chi connectivity index (χ0n) is 11.2. The topological polar surface area (TPSA) is 66.4 Å². The highest BCUT2D eigenvalue weighted by Gasteiger charge is 2.10. The van der Waals surface area contributed by atoms with Gasteiger partial charge >= 0.3 is 5.97 Å². The number of carboxylic acid groups (broad SMARTS) is 1. The van der Waals surface area contributed by atoms with Gasteiger partial charge in [-0.1, -0.05) is 6.07 Å². The van der Waals surface area contributed by atoms with Crippen LogP contribution in [0.4, 0.5) is 8.78 Å². The van der Waals surface area contributed by atoms with E-state index in [4.69, 9.17) is 5.11 Å². The third kappa shape index (κ3) is 5.77. The fraction of sp³-hybridized carbons (Fsp3) is 0.429. The maximum Gasteiger partial charge on any atom is 0.303 e. The molecule has 0 aliphatic rings. The number of hydrogen-bond donors (Lipinski definition) is 2. The van der Waals surface area contributed by atoms with Crippen LogP contribution in [-0.4, -0.2) is 23.0 Å². The summed E-state index contributed by atoms with van der Waals surface area (Å²) in [6, 6.07) is 3.16. The summed E-state index contributed by atoms with van der Waals surface area (Å²) in [5.74, 6) is -3.11. The van der Waals surface area contributed by atoms with Gasteiger partial charge in [0.15, 0.2) is 11.6 Å². The van der Waals surface area contributed by atoms with Gasteiger partial charge in [0.2, 0.25) is 5.91 Å². The molecule has 1 aromatic carbocycles. The molecule has 1 unspecified atom stereocenters. The molecule has 0 aliphatic heterocycles. The molecule has 0 heterocycles. The van der Waals surface area contributed by atoms with Crippen molar-refractivity contribution in [3.63, 3.8) is 0 Å². The molecule has 0 radical (unpaired) electrons. The molecular weight excluding hydrogens is 268 g/mol. The highest BCUT2D eigenvalue weighted by molar-refractivity contribution is 5.78. The lowest BCUT2D eigenvalue weighted by atomic mass is 10.1. The second-order valence-electron chi connectivity index (χ2n) is 4.68. The summed E-state index contributed by atoms with van der Waals surface area (Å²) in [6.45, 7) is 1.77. The summed E-state index contributed by atoms with van der Waals surface area (Å²) in [6.07, 6.45) is 1.04. The molecule has 110 valence electrons. The van der Waals surface area contributed by atoms with Crippen LogP contribution in [0, 0.1) is 11.6 Å². The minimum absolute atomic E-state index is 0.0412. The van der Waals surface area contributed by atoms with Gasteiger partial charge in [-0.3, -0.25) is 9.59 Å². The van der Waals surface area contributed by atoms with Crippen molar-refractivity contribution in [2.45, 2.75) is 38.6 Å². The quantitative estimate of drug-likeness (QED) is 0.807. The third-order valence-electron chi connectivity index (χ3n) is 2.78. The number of carbonyl (C=O) groups is 2.